The molecule has 1 aromatic heterocycles. The monoisotopic (exact) mass is 391 g/mol. The summed E-state index contributed by atoms with van der Waals surface area (Å²) in [5, 5.41) is 3.93. The molecule has 0 saturated carbocycles. The number of nitrogens with zero attached hydrogens (tertiary/aromatic N) is 2. The number of amides is 2. The molecular weight excluding hydrogens is 366 g/mol. The first-order valence-electron chi connectivity index (χ1n) is 9.74. The zero-order chi connectivity index (χ0) is 20.5. The van der Waals surface area contributed by atoms with Crippen molar-refractivity contribution in [2.45, 2.75) is 13.0 Å². The quantitative estimate of drug-likeness (QED) is 0.657. The van der Waals surface area contributed by atoms with Crippen molar-refractivity contribution in [2.75, 3.05) is 26.8 Å². The van der Waals surface area contributed by atoms with Crippen molar-refractivity contribution in [3.63, 3.8) is 0 Å². The van der Waals surface area contributed by atoms with Crippen LogP contribution in [0.15, 0.2) is 48.5 Å². The Bertz CT molecular complexity index is 1090. The minimum Gasteiger partial charge on any atom is -0.383 e. The topological polar surface area (TPSA) is 63.6 Å². The minimum absolute atomic E-state index is 0.00452. The number of carbonyl (C=O) groups is 2. The van der Waals surface area contributed by atoms with Gasteiger partial charge in [0.05, 0.1) is 12.6 Å². The molecule has 4 rings (SSSR count). The van der Waals surface area contributed by atoms with Gasteiger partial charge in [0.25, 0.3) is 5.91 Å². The normalized spacial score (nSPS) is 15.8. The average Bonchev–Trinajstić information content (AvgIpc) is 3.14. The van der Waals surface area contributed by atoms with Gasteiger partial charge < -0.3 is 19.5 Å². The van der Waals surface area contributed by atoms with E-state index >= 15 is 0 Å². The van der Waals surface area contributed by atoms with Crippen LogP contribution in [-0.2, 0) is 16.6 Å². The first kappa shape index (κ1) is 19.2. The molecule has 1 aliphatic rings. The maximum absolute atomic E-state index is 13.2. The van der Waals surface area contributed by atoms with Gasteiger partial charge in [0, 0.05) is 48.4 Å². The van der Waals surface area contributed by atoms with E-state index in [1.165, 1.54) is 0 Å². The van der Waals surface area contributed by atoms with E-state index in [-0.39, 0.29) is 24.4 Å². The van der Waals surface area contributed by atoms with Crippen LogP contribution in [0, 0.1) is 6.92 Å². The molecule has 0 bridgehead atoms. The van der Waals surface area contributed by atoms with Gasteiger partial charge in [-0.05, 0) is 24.6 Å². The van der Waals surface area contributed by atoms with E-state index < -0.39 is 0 Å². The number of benzene rings is 2. The number of methoxy groups -OCH3 is 1. The Labute approximate surface area is 170 Å². The third-order valence-corrected chi connectivity index (χ3v) is 5.72. The maximum atomic E-state index is 13.2. The van der Waals surface area contributed by atoms with Crippen LogP contribution >= 0.6 is 0 Å². The van der Waals surface area contributed by atoms with E-state index in [9.17, 15) is 9.59 Å². The molecule has 2 amide bonds. The zero-order valence-electron chi connectivity index (χ0n) is 16.9. The number of hydrogen-bond acceptors (Lipinski definition) is 3. The molecule has 3 aromatic rings. The highest BCUT2D eigenvalue weighted by atomic mass is 16.5. The van der Waals surface area contributed by atoms with Crippen molar-refractivity contribution in [3.05, 3.63) is 70.9 Å². The highest BCUT2D eigenvalue weighted by molar-refractivity contribution is 6.02. The Morgan fingerprint density at radius 1 is 1.14 bits per heavy atom. The Morgan fingerprint density at radius 3 is 2.66 bits per heavy atom. The molecule has 1 aliphatic heterocycles. The summed E-state index contributed by atoms with van der Waals surface area (Å²) in [4.78, 5) is 27.4. The van der Waals surface area contributed by atoms with Crippen molar-refractivity contribution in [2.24, 2.45) is 7.05 Å². The highest BCUT2D eigenvalue weighted by Crippen LogP contribution is 2.43. The number of carbonyl (C=O) groups excluding carboxylic acids is 2. The van der Waals surface area contributed by atoms with Gasteiger partial charge in [-0.25, -0.2) is 0 Å². The van der Waals surface area contributed by atoms with Crippen LogP contribution in [-0.4, -0.2) is 48.1 Å². The number of aromatic nitrogens is 1. The number of fused-ring (bicyclic) bond motifs is 2. The second-order valence-corrected chi connectivity index (χ2v) is 7.34. The minimum atomic E-state index is -0.294. The smallest absolute Gasteiger partial charge is 0.255 e. The first-order chi connectivity index (χ1) is 14.0. The van der Waals surface area contributed by atoms with Gasteiger partial charge in [-0.15, -0.1) is 0 Å². The van der Waals surface area contributed by atoms with Crippen LogP contribution in [0.25, 0.3) is 10.9 Å². The van der Waals surface area contributed by atoms with Crippen molar-refractivity contribution in [1.82, 2.24) is 14.8 Å². The third-order valence-electron chi connectivity index (χ3n) is 5.72. The molecule has 0 radical (unpaired) electrons. The SMILES string of the molecule is COCCNC(=O)CN1C(=O)c2ccccc2[C@@H]1c1c(C)n(C)c2ccccc12. The van der Waals surface area contributed by atoms with Gasteiger partial charge >= 0.3 is 0 Å². The molecule has 6 heteroatoms. The predicted octanol–water partition coefficient (Wildman–Crippen LogP) is 2.79. The molecule has 0 fully saturated rings. The van der Waals surface area contributed by atoms with Crippen LogP contribution in [0.1, 0.15) is 33.2 Å². The lowest BCUT2D eigenvalue weighted by Gasteiger charge is -2.26. The van der Waals surface area contributed by atoms with Crippen LogP contribution in [0.4, 0.5) is 0 Å². The summed E-state index contributed by atoms with van der Waals surface area (Å²) >= 11 is 0. The van der Waals surface area contributed by atoms with Gasteiger partial charge in [-0.2, -0.15) is 0 Å². The van der Waals surface area contributed by atoms with E-state index in [1.54, 1.807) is 12.0 Å². The van der Waals surface area contributed by atoms with Crippen LogP contribution < -0.4 is 5.32 Å². The lowest BCUT2D eigenvalue weighted by Crippen LogP contribution is -2.40. The number of hydrogen-bond donors (Lipinski definition) is 1. The number of aryl methyl sites for hydroxylation is 1. The van der Waals surface area contributed by atoms with Crippen molar-refractivity contribution < 1.29 is 14.3 Å². The molecule has 0 unspecified atom stereocenters. The van der Waals surface area contributed by atoms with E-state index in [2.05, 4.69) is 28.9 Å². The number of para-hydroxylation sites is 1. The predicted molar refractivity (Wildman–Crippen MR) is 112 cm³/mol. The summed E-state index contributed by atoms with van der Waals surface area (Å²) in [5.41, 5.74) is 4.88. The molecular formula is C23H25N3O3. The Hall–Kier alpha value is -3.12. The molecule has 2 aromatic carbocycles. The summed E-state index contributed by atoms with van der Waals surface area (Å²) in [7, 11) is 3.62. The lowest BCUT2D eigenvalue weighted by molar-refractivity contribution is -0.122. The molecule has 6 nitrogen and oxygen atoms in total. The van der Waals surface area contributed by atoms with E-state index in [1.807, 2.05) is 43.4 Å². The van der Waals surface area contributed by atoms with Gasteiger partial charge in [0.15, 0.2) is 0 Å². The Kier molecular flexibility index (Phi) is 5.11. The standard InChI is InChI=1S/C23H25N3O3/c1-15-21(18-10-6-7-11-19(18)25(15)2)22-16-8-4-5-9-17(16)23(28)26(22)14-20(27)24-12-13-29-3/h4-11,22H,12-14H2,1-3H3,(H,24,27)/t22-/m1/s1. The molecule has 150 valence electrons. The van der Waals surface area contributed by atoms with E-state index in [0.29, 0.717) is 18.7 Å². The number of ether oxygens (including phenoxy) is 1. The van der Waals surface area contributed by atoms with Gasteiger partial charge in [0.2, 0.25) is 5.91 Å². The molecule has 1 atom stereocenters. The average molecular weight is 391 g/mol. The van der Waals surface area contributed by atoms with Crippen LogP contribution in [0.2, 0.25) is 0 Å². The molecule has 2 heterocycles. The summed E-state index contributed by atoms with van der Waals surface area (Å²) < 4.78 is 7.14. The van der Waals surface area contributed by atoms with Crippen molar-refractivity contribution >= 4 is 22.7 Å². The fourth-order valence-electron chi connectivity index (χ4n) is 4.24. The number of rotatable bonds is 6. The summed E-state index contributed by atoms with van der Waals surface area (Å²) in [5.74, 6) is -0.300. The van der Waals surface area contributed by atoms with Gasteiger partial charge in [-0.3, -0.25) is 9.59 Å². The fourth-order valence-corrected chi connectivity index (χ4v) is 4.24. The highest BCUT2D eigenvalue weighted by Gasteiger charge is 2.40. The summed E-state index contributed by atoms with van der Waals surface area (Å²) in [6.07, 6.45) is 0. The van der Waals surface area contributed by atoms with Gasteiger partial charge in [-0.1, -0.05) is 36.4 Å². The maximum Gasteiger partial charge on any atom is 0.255 e. The second kappa shape index (κ2) is 7.72. The third kappa shape index (κ3) is 3.19. The zero-order valence-corrected chi connectivity index (χ0v) is 16.9. The van der Waals surface area contributed by atoms with Crippen molar-refractivity contribution in [1.29, 1.82) is 0 Å². The molecule has 0 spiro atoms. The lowest BCUT2D eigenvalue weighted by atomic mass is 9.95. The van der Waals surface area contributed by atoms with E-state index in [0.717, 1.165) is 27.7 Å². The number of nitrogens with one attached hydrogen (secondary N) is 1. The first-order valence-corrected chi connectivity index (χ1v) is 9.74. The summed E-state index contributed by atoms with van der Waals surface area (Å²) in [6.45, 7) is 2.93. The van der Waals surface area contributed by atoms with Crippen LogP contribution in [0.5, 0.6) is 0 Å². The second-order valence-electron chi connectivity index (χ2n) is 7.34. The Balaban J connectivity index is 1.80. The Morgan fingerprint density at radius 2 is 1.86 bits per heavy atom. The fraction of sp³-hybridized carbons (Fsp3) is 0.304. The van der Waals surface area contributed by atoms with Gasteiger partial charge in [0.1, 0.15) is 6.54 Å². The molecule has 0 saturated heterocycles. The molecule has 29 heavy (non-hydrogen) atoms. The molecule has 0 aliphatic carbocycles. The summed E-state index contributed by atoms with van der Waals surface area (Å²) in [6, 6.07) is 15.5. The largest absolute Gasteiger partial charge is 0.383 e. The van der Waals surface area contributed by atoms with Crippen LogP contribution in [0.3, 0.4) is 0 Å². The van der Waals surface area contributed by atoms with Crippen molar-refractivity contribution in [3.8, 4) is 0 Å². The molecule has 1 N–H and O–H groups in total. The van der Waals surface area contributed by atoms with E-state index in [4.69, 9.17) is 4.74 Å².